The topological polar surface area (TPSA) is 132 Å². The van der Waals surface area contributed by atoms with Gasteiger partial charge in [-0.3, -0.25) is 4.79 Å². The third kappa shape index (κ3) is 7.10. The molecule has 2 heterocycles. The molecule has 0 aliphatic carbocycles. The minimum Gasteiger partial charge on any atom is -0.493 e. The first kappa shape index (κ1) is 31.1. The van der Waals surface area contributed by atoms with Crippen LogP contribution in [0.15, 0.2) is 89.3 Å². The van der Waals surface area contributed by atoms with E-state index >= 15 is 0 Å². The number of methoxy groups -OCH3 is 1. The third-order valence-corrected chi connectivity index (χ3v) is 7.52. The zero-order valence-corrected chi connectivity index (χ0v) is 25.7. The maximum atomic E-state index is 12.6. The molecule has 45 heavy (non-hydrogen) atoms. The summed E-state index contributed by atoms with van der Waals surface area (Å²) in [6.07, 6.45) is 3.55. The lowest BCUT2D eigenvalue weighted by atomic mass is 9.95. The molecule has 12 heteroatoms. The van der Waals surface area contributed by atoms with Crippen molar-refractivity contribution < 1.29 is 28.6 Å². The number of benzene rings is 3. The number of halogens is 1. The highest BCUT2D eigenvalue weighted by Crippen LogP contribution is 2.34. The molecule has 0 saturated carbocycles. The van der Waals surface area contributed by atoms with E-state index in [4.69, 9.17) is 25.8 Å². The Labute approximate surface area is 264 Å². The van der Waals surface area contributed by atoms with Crippen LogP contribution in [-0.2, 0) is 20.9 Å². The van der Waals surface area contributed by atoms with Crippen LogP contribution < -0.4 is 25.5 Å². The Bertz CT molecular complexity index is 1810. The van der Waals surface area contributed by atoms with Crippen molar-refractivity contribution in [1.82, 2.24) is 20.6 Å². The molecule has 5 rings (SSSR count). The standard InChI is InChI=1S/C33H32ClN5O6/c1-4-44-32(41)30-20(2)36-33(42)37-31(30)21-13-14-27(28(15-21)43-3)45-19-29(40)38-35-16-23-18-39(26-12-8-6-10-24(23)26)17-22-9-5-7-11-25(22)34/h5-16,18,31H,4,17,19H2,1-3H3,(H,38,40)(H2,36,37,42)/b35-16-/t31-/m0/s1. The summed E-state index contributed by atoms with van der Waals surface area (Å²) in [6.45, 7) is 3.77. The highest BCUT2D eigenvalue weighted by molar-refractivity contribution is 6.31. The predicted octanol–water partition coefficient (Wildman–Crippen LogP) is 5.07. The van der Waals surface area contributed by atoms with Crippen LogP contribution in [0, 0.1) is 0 Å². The van der Waals surface area contributed by atoms with Gasteiger partial charge in [0.2, 0.25) is 0 Å². The largest absolute Gasteiger partial charge is 0.493 e. The molecule has 3 N–H and O–H groups in total. The number of urea groups is 1. The van der Waals surface area contributed by atoms with E-state index in [2.05, 4.69) is 25.7 Å². The van der Waals surface area contributed by atoms with Crippen molar-refractivity contribution in [2.45, 2.75) is 26.4 Å². The number of ether oxygens (including phenoxy) is 3. The van der Waals surface area contributed by atoms with E-state index in [1.54, 1.807) is 38.3 Å². The molecular weight excluding hydrogens is 598 g/mol. The second-order valence-electron chi connectivity index (χ2n) is 10.1. The van der Waals surface area contributed by atoms with Crippen molar-refractivity contribution in [1.29, 1.82) is 0 Å². The van der Waals surface area contributed by atoms with Gasteiger partial charge < -0.3 is 29.4 Å². The smallest absolute Gasteiger partial charge is 0.338 e. The number of para-hydroxylation sites is 1. The van der Waals surface area contributed by atoms with Crippen LogP contribution in [0.5, 0.6) is 11.5 Å². The minimum absolute atomic E-state index is 0.186. The summed E-state index contributed by atoms with van der Waals surface area (Å²) in [5.74, 6) is -0.425. The molecule has 1 aliphatic heterocycles. The Kier molecular flexibility index (Phi) is 9.69. The molecule has 4 aromatic rings. The average Bonchev–Trinajstić information content (AvgIpc) is 3.37. The quantitative estimate of drug-likeness (QED) is 0.121. The Morgan fingerprint density at radius 3 is 2.64 bits per heavy atom. The molecule has 1 aromatic heterocycles. The summed E-state index contributed by atoms with van der Waals surface area (Å²) >= 11 is 6.38. The van der Waals surface area contributed by atoms with Crippen molar-refractivity contribution in [2.24, 2.45) is 5.10 Å². The van der Waals surface area contributed by atoms with Gasteiger partial charge in [0, 0.05) is 39.9 Å². The number of nitrogens with zero attached hydrogens (tertiary/aromatic N) is 2. The van der Waals surface area contributed by atoms with Gasteiger partial charge in [0.15, 0.2) is 18.1 Å². The molecule has 1 atom stereocenters. The Morgan fingerprint density at radius 1 is 1.09 bits per heavy atom. The van der Waals surface area contributed by atoms with E-state index in [-0.39, 0.29) is 18.8 Å². The first-order valence-corrected chi connectivity index (χ1v) is 14.6. The van der Waals surface area contributed by atoms with Gasteiger partial charge in [-0.15, -0.1) is 0 Å². The van der Waals surface area contributed by atoms with Gasteiger partial charge in [0.05, 0.1) is 31.5 Å². The molecule has 0 fully saturated rings. The van der Waals surface area contributed by atoms with Gasteiger partial charge in [-0.2, -0.15) is 5.10 Å². The lowest BCUT2D eigenvalue weighted by Crippen LogP contribution is -2.45. The lowest BCUT2D eigenvalue weighted by Gasteiger charge is -2.28. The fourth-order valence-corrected chi connectivity index (χ4v) is 5.27. The maximum absolute atomic E-state index is 12.6. The van der Waals surface area contributed by atoms with Gasteiger partial charge in [-0.25, -0.2) is 15.0 Å². The van der Waals surface area contributed by atoms with E-state index < -0.39 is 23.9 Å². The molecule has 0 unspecified atom stereocenters. The summed E-state index contributed by atoms with van der Waals surface area (Å²) < 4.78 is 18.5. The van der Waals surface area contributed by atoms with Crippen molar-refractivity contribution in [3.63, 3.8) is 0 Å². The number of nitrogens with one attached hydrogen (secondary N) is 3. The van der Waals surface area contributed by atoms with Gasteiger partial charge in [0.25, 0.3) is 5.91 Å². The van der Waals surface area contributed by atoms with Crippen LogP contribution in [-0.4, -0.2) is 49.0 Å². The molecule has 0 spiro atoms. The average molecular weight is 630 g/mol. The Balaban J connectivity index is 1.25. The van der Waals surface area contributed by atoms with Crippen molar-refractivity contribution in [3.8, 4) is 11.5 Å². The maximum Gasteiger partial charge on any atom is 0.338 e. The fourth-order valence-electron chi connectivity index (χ4n) is 5.07. The van der Waals surface area contributed by atoms with E-state index in [0.29, 0.717) is 34.3 Å². The summed E-state index contributed by atoms with van der Waals surface area (Å²) in [6, 6.07) is 19.3. The first-order chi connectivity index (χ1) is 21.8. The van der Waals surface area contributed by atoms with Crippen LogP contribution in [0.3, 0.4) is 0 Å². The molecule has 3 amide bonds. The van der Waals surface area contributed by atoms with Crippen molar-refractivity contribution in [3.05, 3.63) is 106 Å². The van der Waals surface area contributed by atoms with Gasteiger partial charge in [-0.1, -0.05) is 54.1 Å². The predicted molar refractivity (Wildman–Crippen MR) is 170 cm³/mol. The first-order valence-electron chi connectivity index (χ1n) is 14.2. The van der Waals surface area contributed by atoms with E-state index in [0.717, 1.165) is 22.0 Å². The molecule has 0 saturated heterocycles. The van der Waals surface area contributed by atoms with Crippen LogP contribution in [0.4, 0.5) is 4.79 Å². The monoisotopic (exact) mass is 629 g/mol. The van der Waals surface area contributed by atoms with E-state index in [1.807, 2.05) is 54.7 Å². The van der Waals surface area contributed by atoms with Gasteiger partial charge in [-0.05, 0) is 49.2 Å². The molecule has 232 valence electrons. The normalized spacial score (nSPS) is 14.7. The number of allylic oxidation sites excluding steroid dienone is 1. The van der Waals surface area contributed by atoms with Gasteiger partial charge in [0.1, 0.15) is 0 Å². The number of esters is 1. The zero-order valence-electron chi connectivity index (χ0n) is 24.9. The molecule has 0 bridgehead atoms. The number of aromatic nitrogens is 1. The Hall–Kier alpha value is -5.29. The number of hydrazone groups is 1. The van der Waals surface area contributed by atoms with Gasteiger partial charge >= 0.3 is 12.0 Å². The molecule has 0 radical (unpaired) electrons. The SMILES string of the molecule is CCOC(=O)C1=C(C)NC(=O)N[C@H]1c1ccc(OCC(=O)N/N=C\c2cn(Cc3ccccc3Cl)c3ccccc23)c(OC)c1. The van der Waals surface area contributed by atoms with Crippen LogP contribution in [0.25, 0.3) is 10.9 Å². The van der Waals surface area contributed by atoms with Crippen molar-refractivity contribution in [2.75, 3.05) is 20.3 Å². The molecule has 11 nitrogen and oxygen atoms in total. The Morgan fingerprint density at radius 2 is 1.87 bits per heavy atom. The molecule has 1 aliphatic rings. The van der Waals surface area contributed by atoms with Crippen LogP contribution in [0.1, 0.15) is 36.6 Å². The second-order valence-corrected chi connectivity index (χ2v) is 10.5. The zero-order chi connectivity index (χ0) is 31.9. The van der Waals surface area contributed by atoms with E-state index in [9.17, 15) is 14.4 Å². The lowest BCUT2D eigenvalue weighted by molar-refractivity contribution is -0.139. The third-order valence-electron chi connectivity index (χ3n) is 7.16. The number of fused-ring (bicyclic) bond motifs is 1. The van der Waals surface area contributed by atoms with Crippen LogP contribution in [0.2, 0.25) is 5.02 Å². The summed E-state index contributed by atoms with van der Waals surface area (Å²) in [5.41, 5.74) is 6.56. The molecule has 3 aromatic carbocycles. The number of hydrogen-bond acceptors (Lipinski definition) is 7. The summed E-state index contributed by atoms with van der Waals surface area (Å²) in [5, 5.41) is 11.2. The summed E-state index contributed by atoms with van der Waals surface area (Å²) in [7, 11) is 1.45. The second kappa shape index (κ2) is 14.0. The number of hydrogen-bond donors (Lipinski definition) is 3. The number of carbonyl (C=O) groups excluding carboxylic acids is 3. The fraction of sp³-hybridized carbons (Fsp3) is 0.212. The minimum atomic E-state index is -0.769. The highest BCUT2D eigenvalue weighted by Gasteiger charge is 2.32. The highest BCUT2D eigenvalue weighted by atomic mass is 35.5. The van der Waals surface area contributed by atoms with Crippen molar-refractivity contribution >= 4 is 46.6 Å². The van der Waals surface area contributed by atoms with E-state index in [1.165, 1.54) is 7.11 Å². The summed E-state index contributed by atoms with van der Waals surface area (Å²) in [4.78, 5) is 37.4. The molecular formula is C33H32ClN5O6. The number of carbonyl (C=O) groups is 3. The number of rotatable bonds is 11. The number of amides is 3. The van der Waals surface area contributed by atoms with Crippen LogP contribution >= 0.6 is 11.6 Å².